The Morgan fingerprint density at radius 1 is 0.774 bits per heavy atom. The van der Waals surface area contributed by atoms with Crippen molar-refractivity contribution in [3.8, 4) is 0 Å². The van der Waals surface area contributed by atoms with Crippen molar-refractivity contribution in [3.05, 3.63) is 75.9 Å². The van der Waals surface area contributed by atoms with Crippen molar-refractivity contribution in [2.24, 2.45) is 5.92 Å². The summed E-state index contributed by atoms with van der Waals surface area (Å²) in [5.41, 5.74) is 2.46. The molecule has 4 heteroatoms. The summed E-state index contributed by atoms with van der Waals surface area (Å²) >= 11 is 0. The molecule has 0 radical (unpaired) electrons. The molecule has 0 aliphatic heterocycles. The summed E-state index contributed by atoms with van der Waals surface area (Å²) in [6.07, 6.45) is 11.5. The highest BCUT2D eigenvalue weighted by Crippen LogP contribution is 2.40. The Kier molecular flexibility index (Phi) is 6.83. The molecule has 0 N–H and O–H groups in total. The third-order valence-electron chi connectivity index (χ3n) is 7.11. The van der Waals surface area contributed by atoms with Gasteiger partial charge in [-0.1, -0.05) is 38.7 Å². The zero-order chi connectivity index (χ0) is 22.0. The fourth-order valence-corrected chi connectivity index (χ4v) is 5.29. The number of unbranched alkanes of at least 4 members (excludes halogenated alkanes) is 2. The average Bonchev–Trinajstić information content (AvgIpc) is 2.75. The van der Waals surface area contributed by atoms with Gasteiger partial charge in [0, 0.05) is 5.56 Å². The van der Waals surface area contributed by atoms with Crippen molar-refractivity contribution in [2.75, 3.05) is 0 Å². The van der Waals surface area contributed by atoms with E-state index in [1.807, 2.05) is 0 Å². The number of benzene rings is 2. The smallest absolute Gasteiger partial charge is 0.159 e. The van der Waals surface area contributed by atoms with Gasteiger partial charge >= 0.3 is 0 Å². The van der Waals surface area contributed by atoms with Crippen molar-refractivity contribution in [3.63, 3.8) is 0 Å². The number of allylic oxidation sites excluding steroid dienone is 2. The van der Waals surface area contributed by atoms with Crippen LogP contribution in [0.15, 0.2) is 30.3 Å². The third kappa shape index (κ3) is 4.88. The van der Waals surface area contributed by atoms with E-state index < -0.39 is 23.3 Å². The molecule has 4 rings (SSSR count). The highest BCUT2D eigenvalue weighted by molar-refractivity contribution is 5.71. The Bertz CT molecular complexity index is 944. The van der Waals surface area contributed by atoms with E-state index in [2.05, 4.69) is 6.92 Å². The lowest BCUT2D eigenvalue weighted by molar-refractivity contribution is 0.302. The van der Waals surface area contributed by atoms with E-state index in [-0.39, 0.29) is 17.9 Å². The van der Waals surface area contributed by atoms with Crippen LogP contribution >= 0.6 is 0 Å². The Morgan fingerprint density at radius 3 is 2.06 bits per heavy atom. The zero-order valence-electron chi connectivity index (χ0n) is 18.1. The van der Waals surface area contributed by atoms with Crippen LogP contribution in [0.3, 0.4) is 0 Å². The first-order valence-electron chi connectivity index (χ1n) is 11.6. The van der Waals surface area contributed by atoms with E-state index in [1.165, 1.54) is 43.9 Å². The summed E-state index contributed by atoms with van der Waals surface area (Å²) < 4.78 is 57.2. The van der Waals surface area contributed by atoms with Crippen LogP contribution in [0.4, 0.5) is 17.6 Å². The second kappa shape index (κ2) is 9.58. The number of rotatable bonds is 6. The van der Waals surface area contributed by atoms with Gasteiger partial charge in [-0.15, -0.1) is 0 Å². The van der Waals surface area contributed by atoms with Gasteiger partial charge in [0.25, 0.3) is 0 Å². The minimum atomic E-state index is -0.929. The van der Waals surface area contributed by atoms with Gasteiger partial charge in [-0.3, -0.25) is 0 Å². The molecule has 166 valence electrons. The van der Waals surface area contributed by atoms with Gasteiger partial charge in [0.1, 0.15) is 11.6 Å². The zero-order valence-corrected chi connectivity index (χ0v) is 18.1. The molecule has 0 aromatic heterocycles. The Labute approximate surface area is 182 Å². The Morgan fingerprint density at radius 2 is 1.42 bits per heavy atom. The largest absolute Gasteiger partial charge is 0.206 e. The maximum Gasteiger partial charge on any atom is 0.159 e. The van der Waals surface area contributed by atoms with Crippen LogP contribution in [-0.2, 0) is 12.8 Å². The lowest BCUT2D eigenvalue weighted by Crippen LogP contribution is -2.14. The molecular formula is C27H30F4. The van der Waals surface area contributed by atoms with Gasteiger partial charge in [0.2, 0.25) is 0 Å². The number of fused-ring (bicyclic) bond motifs is 1. The molecule has 0 spiro atoms. The number of hydrogen-bond donors (Lipinski definition) is 0. The second-order valence-corrected chi connectivity index (χ2v) is 9.22. The highest BCUT2D eigenvalue weighted by Gasteiger charge is 2.26. The monoisotopic (exact) mass is 430 g/mol. The summed E-state index contributed by atoms with van der Waals surface area (Å²) in [6.45, 7) is 2.21. The summed E-state index contributed by atoms with van der Waals surface area (Å²) in [4.78, 5) is 0. The van der Waals surface area contributed by atoms with Crippen molar-refractivity contribution < 1.29 is 17.6 Å². The van der Waals surface area contributed by atoms with Gasteiger partial charge < -0.3 is 0 Å². The SMILES string of the molecule is CCCCCC1CCC(c2cc(F)c(C3=CCc4cc(F)c(F)cc4C3)c(F)c2)CC1. The Hall–Kier alpha value is -2.10. The first kappa shape index (κ1) is 22.1. The molecule has 0 saturated heterocycles. The summed E-state index contributed by atoms with van der Waals surface area (Å²) in [5.74, 6) is -1.98. The third-order valence-corrected chi connectivity index (χ3v) is 7.11. The van der Waals surface area contributed by atoms with Crippen LogP contribution in [0.25, 0.3) is 5.57 Å². The minimum absolute atomic E-state index is 0.0348. The molecule has 0 amide bonds. The molecule has 2 aromatic carbocycles. The van der Waals surface area contributed by atoms with E-state index in [0.717, 1.165) is 43.2 Å². The van der Waals surface area contributed by atoms with E-state index in [9.17, 15) is 8.78 Å². The van der Waals surface area contributed by atoms with Gasteiger partial charge in [-0.05, 0) is 96.9 Å². The lowest BCUT2D eigenvalue weighted by Gasteiger charge is -2.29. The van der Waals surface area contributed by atoms with Gasteiger partial charge in [-0.25, -0.2) is 17.6 Å². The molecule has 0 heterocycles. The molecule has 0 nitrogen and oxygen atoms in total. The normalized spacial score (nSPS) is 21.0. The molecule has 2 aliphatic carbocycles. The van der Waals surface area contributed by atoms with Crippen LogP contribution in [-0.4, -0.2) is 0 Å². The highest BCUT2D eigenvalue weighted by atomic mass is 19.2. The molecule has 0 bridgehead atoms. The van der Waals surface area contributed by atoms with Gasteiger partial charge in [0.15, 0.2) is 11.6 Å². The number of hydrogen-bond acceptors (Lipinski definition) is 0. The van der Waals surface area contributed by atoms with Crippen LogP contribution in [0.2, 0.25) is 0 Å². The van der Waals surface area contributed by atoms with E-state index in [4.69, 9.17) is 0 Å². The van der Waals surface area contributed by atoms with Crippen LogP contribution < -0.4 is 0 Å². The van der Waals surface area contributed by atoms with E-state index in [1.54, 1.807) is 6.08 Å². The summed E-state index contributed by atoms with van der Waals surface area (Å²) in [7, 11) is 0. The number of halogens is 4. The van der Waals surface area contributed by atoms with Crippen molar-refractivity contribution in [1.29, 1.82) is 0 Å². The van der Waals surface area contributed by atoms with Crippen molar-refractivity contribution >= 4 is 5.57 Å². The second-order valence-electron chi connectivity index (χ2n) is 9.22. The van der Waals surface area contributed by atoms with Crippen molar-refractivity contribution in [1.82, 2.24) is 0 Å². The molecule has 1 fully saturated rings. The van der Waals surface area contributed by atoms with Crippen LogP contribution in [0, 0.1) is 29.2 Å². The van der Waals surface area contributed by atoms with Crippen molar-refractivity contribution in [2.45, 2.75) is 77.0 Å². The summed E-state index contributed by atoms with van der Waals surface area (Å²) in [5, 5.41) is 0. The first-order chi connectivity index (χ1) is 15.0. The van der Waals surface area contributed by atoms with Crippen LogP contribution in [0.5, 0.6) is 0 Å². The topological polar surface area (TPSA) is 0 Å². The molecule has 0 unspecified atom stereocenters. The Balaban J connectivity index is 1.47. The van der Waals surface area contributed by atoms with E-state index >= 15 is 8.78 Å². The quantitative estimate of drug-likeness (QED) is 0.319. The predicted octanol–water partition coefficient (Wildman–Crippen LogP) is 8.28. The fourth-order valence-electron chi connectivity index (χ4n) is 5.29. The minimum Gasteiger partial charge on any atom is -0.206 e. The van der Waals surface area contributed by atoms with Gasteiger partial charge in [0.05, 0.1) is 0 Å². The summed E-state index contributed by atoms with van der Waals surface area (Å²) in [6, 6.07) is 5.29. The molecule has 2 aromatic rings. The maximum atomic E-state index is 15.0. The molecule has 0 atom stereocenters. The fraction of sp³-hybridized carbons (Fsp3) is 0.481. The maximum absolute atomic E-state index is 15.0. The average molecular weight is 431 g/mol. The lowest BCUT2D eigenvalue weighted by atomic mass is 9.76. The molecule has 31 heavy (non-hydrogen) atoms. The standard InChI is InChI=1S/C27H30F4/c1-2-3-4-5-17-6-8-18(9-7-17)22-15-25(30)27(26(31)16-22)20-11-10-19-13-23(28)24(29)14-21(19)12-20/h11,13-18H,2-10,12H2,1H3. The van der Waals surface area contributed by atoms with E-state index in [0.29, 0.717) is 23.1 Å². The molecular weight excluding hydrogens is 400 g/mol. The van der Waals surface area contributed by atoms with Crippen LogP contribution in [0.1, 0.15) is 86.5 Å². The van der Waals surface area contributed by atoms with Gasteiger partial charge in [-0.2, -0.15) is 0 Å². The predicted molar refractivity (Wildman–Crippen MR) is 117 cm³/mol. The molecule has 1 saturated carbocycles. The molecule has 2 aliphatic rings. The first-order valence-corrected chi connectivity index (χ1v) is 11.6.